The van der Waals surface area contributed by atoms with Crippen molar-refractivity contribution >= 4 is 5.91 Å². The van der Waals surface area contributed by atoms with Crippen molar-refractivity contribution in [1.29, 1.82) is 0 Å². The molecule has 0 saturated carbocycles. The molecule has 4 heterocycles. The molecule has 3 aromatic heterocycles. The second kappa shape index (κ2) is 6.42. The first-order chi connectivity index (χ1) is 12.2. The maximum Gasteiger partial charge on any atom is 0.272 e. The van der Waals surface area contributed by atoms with E-state index < -0.39 is 0 Å². The molecule has 1 unspecified atom stereocenters. The second-order valence-electron chi connectivity index (χ2n) is 5.90. The molecule has 0 spiro atoms. The third kappa shape index (κ3) is 2.88. The monoisotopic (exact) mass is 339 g/mol. The fraction of sp³-hybridized carbons (Fsp3) is 0.375. The van der Waals surface area contributed by atoms with Crippen molar-refractivity contribution in [3.63, 3.8) is 0 Å². The molecule has 0 N–H and O–H groups in total. The fourth-order valence-electron chi connectivity index (χ4n) is 3.05. The Morgan fingerprint density at radius 2 is 2.20 bits per heavy atom. The van der Waals surface area contributed by atoms with Crippen LogP contribution in [0, 0.1) is 0 Å². The van der Waals surface area contributed by atoms with E-state index in [-0.39, 0.29) is 11.9 Å². The lowest BCUT2D eigenvalue weighted by molar-refractivity contribution is 0.0550. The zero-order valence-electron chi connectivity index (χ0n) is 13.7. The second-order valence-corrected chi connectivity index (χ2v) is 5.90. The molecule has 9 heteroatoms. The van der Waals surface area contributed by atoms with Gasteiger partial charge in [-0.25, -0.2) is 4.98 Å². The molecule has 4 rings (SSSR count). The molecule has 1 saturated heterocycles. The van der Waals surface area contributed by atoms with Gasteiger partial charge in [0.2, 0.25) is 11.7 Å². The van der Waals surface area contributed by atoms with E-state index in [0.717, 1.165) is 19.3 Å². The Morgan fingerprint density at radius 1 is 1.28 bits per heavy atom. The lowest BCUT2D eigenvalue weighted by Gasteiger charge is -2.33. The molecular weight excluding hydrogens is 322 g/mol. The Labute approximate surface area is 143 Å². The number of aromatic nitrogens is 6. The summed E-state index contributed by atoms with van der Waals surface area (Å²) in [7, 11) is 1.76. The van der Waals surface area contributed by atoms with Crippen molar-refractivity contribution in [2.24, 2.45) is 7.05 Å². The minimum absolute atomic E-state index is 0.0797. The van der Waals surface area contributed by atoms with Crippen LogP contribution in [0.1, 0.15) is 41.7 Å². The predicted molar refractivity (Wildman–Crippen MR) is 86.2 cm³/mol. The van der Waals surface area contributed by atoms with Crippen molar-refractivity contribution in [3.05, 3.63) is 42.4 Å². The quantitative estimate of drug-likeness (QED) is 0.714. The zero-order chi connectivity index (χ0) is 17.2. The molecule has 1 aliphatic heterocycles. The highest BCUT2D eigenvalue weighted by atomic mass is 16.5. The minimum Gasteiger partial charge on any atom is -0.337 e. The van der Waals surface area contributed by atoms with E-state index in [2.05, 4.69) is 25.2 Å². The summed E-state index contributed by atoms with van der Waals surface area (Å²) in [5.41, 5.74) is 1.08. The number of likely N-dealkylation sites (tertiary alicyclic amines) is 1. The van der Waals surface area contributed by atoms with Crippen molar-refractivity contribution < 1.29 is 9.32 Å². The summed E-state index contributed by atoms with van der Waals surface area (Å²) in [6, 6.07) is 1.47. The Morgan fingerprint density at radius 3 is 2.96 bits per heavy atom. The molecule has 1 atom stereocenters. The number of rotatable bonds is 3. The molecule has 0 aromatic carbocycles. The van der Waals surface area contributed by atoms with Crippen molar-refractivity contribution in [2.45, 2.75) is 25.3 Å². The molecule has 128 valence electrons. The number of hydrogen-bond donors (Lipinski definition) is 0. The van der Waals surface area contributed by atoms with Crippen LogP contribution in [0.25, 0.3) is 11.5 Å². The third-order valence-corrected chi connectivity index (χ3v) is 4.32. The summed E-state index contributed by atoms with van der Waals surface area (Å²) in [6.07, 6.45) is 9.09. The first-order valence-corrected chi connectivity index (χ1v) is 8.13. The van der Waals surface area contributed by atoms with Gasteiger partial charge in [0.1, 0.15) is 17.4 Å². The van der Waals surface area contributed by atoms with Crippen LogP contribution < -0.4 is 0 Å². The number of hydrogen-bond acceptors (Lipinski definition) is 7. The van der Waals surface area contributed by atoms with E-state index in [0.29, 0.717) is 29.6 Å². The molecule has 3 aromatic rings. The van der Waals surface area contributed by atoms with Gasteiger partial charge in [-0.3, -0.25) is 14.5 Å². The average Bonchev–Trinajstić information content (AvgIpc) is 3.31. The summed E-state index contributed by atoms with van der Waals surface area (Å²) < 4.78 is 7.02. The first-order valence-electron chi connectivity index (χ1n) is 8.13. The van der Waals surface area contributed by atoms with Crippen LogP contribution in [0.5, 0.6) is 0 Å². The van der Waals surface area contributed by atoms with Crippen molar-refractivity contribution in [1.82, 2.24) is 34.8 Å². The molecule has 1 fully saturated rings. The Hall–Kier alpha value is -3.10. The minimum atomic E-state index is -0.242. The summed E-state index contributed by atoms with van der Waals surface area (Å²) in [5.74, 6) is 0.724. The topological polar surface area (TPSA) is 103 Å². The molecule has 0 bridgehead atoms. The summed E-state index contributed by atoms with van der Waals surface area (Å²) in [5, 5.41) is 8.07. The number of aryl methyl sites for hydroxylation is 1. The number of piperidine rings is 1. The molecule has 25 heavy (non-hydrogen) atoms. The molecule has 0 radical (unpaired) electrons. The van der Waals surface area contributed by atoms with Crippen LogP contribution in [0.15, 0.2) is 35.4 Å². The summed E-state index contributed by atoms with van der Waals surface area (Å²) in [4.78, 5) is 27.3. The van der Waals surface area contributed by atoms with E-state index in [1.54, 1.807) is 47.5 Å². The highest BCUT2D eigenvalue weighted by Gasteiger charge is 2.33. The molecule has 1 aliphatic rings. The SMILES string of the molecule is Cn1nccc1C(=O)N1CCCCC1c1nc(-c2cnccn2)no1. The molecule has 0 aliphatic carbocycles. The van der Waals surface area contributed by atoms with Crippen LogP contribution >= 0.6 is 0 Å². The van der Waals surface area contributed by atoms with Gasteiger partial charge in [-0.1, -0.05) is 5.16 Å². The highest BCUT2D eigenvalue weighted by Crippen LogP contribution is 2.31. The maximum atomic E-state index is 12.9. The summed E-state index contributed by atoms with van der Waals surface area (Å²) in [6.45, 7) is 0.650. The smallest absolute Gasteiger partial charge is 0.272 e. The fourth-order valence-corrected chi connectivity index (χ4v) is 3.05. The van der Waals surface area contributed by atoms with Crippen LogP contribution in [0.3, 0.4) is 0 Å². The molecule has 1 amide bonds. The van der Waals surface area contributed by atoms with Crippen LogP contribution in [0.2, 0.25) is 0 Å². The third-order valence-electron chi connectivity index (χ3n) is 4.32. The van der Waals surface area contributed by atoms with Gasteiger partial charge in [0.25, 0.3) is 5.91 Å². The lowest BCUT2D eigenvalue weighted by atomic mass is 10.0. The Kier molecular flexibility index (Phi) is 3.96. The van der Waals surface area contributed by atoms with Gasteiger partial charge in [-0.15, -0.1) is 0 Å². The molecular formula is C16H17N7O2. The van der Waals surface area contributed by atoms with Gasteiger partial charge in [0.05, 0.1) is 6.20 Å². The lowest BCUT2D eigenvalue weighted by Crippen LogP contribution is -2.39. The molecule has 9 nitrogen and oxygen atoms in total. The van der Waals surface area contributed by atoms with E-state index in [1.807, 2.05) is 0 Å². The number of nitrogens with zero attached hydrogens (tertiary/aromatic N) is 7. The standard InChI is InChI=1S/C16H17N7O2/c1-22-13(5-6-19-22)16(24)23-9-3-2-4-12(23)15-20-14(21-25-15)11-10-17-7-8-18-11/h5-8,10,12H,2-4,9H2,1H3. The van der Waals surface area contributed by atoms with Gasteiger partial charge in [-0.05, 0) is 25.3 Å². The first kappa shape index (κ1) is 15.4. The van der Waals surface area contributed by atoms with Crippen LogP contribution in [-0.2, 0) is 7.05 Å². The van der Waals surface area contributed by atoms with Gasteiger partial charge in [0.15, 0.2) is 0 Å². The number of amides is 1. The Balaban J connectivity index is 1.63. The van der Waals surface area contributed by atoms with E-state index in [4.69, 9.17) is 4.52 Å². The van der Waals surface area contributed by atoms with Crippen LogP contribution in [0.4, 0.5) is 0 Å². The zero-order valence-corrected chi connectivity index (χ0v) is 13.7. The van der Waals surface area contributed by atoms with Crippen molar-refractivity contribution in [2.75, 3.05) is 6.54 Å². The van der Waals surface area contributed by atoms with E-state index in [9.17, 15) is 4.79 Å². The highest BCUT2D eigenvalue weighted by molar-refractivity contribution is 5.92. The maximum absolute atomic E-state index is 12.9. The van der Waals surface area contributed by atoms with E-state index >= 15 is 0 Å². The average molecular weight is 339 g/mol. The van der Waals surface area contributed by atoms with Crippen LogP contribution in [-0.4, -0.2) is 47.2 Å². The summed E-state index contributed by atoms with van der Waals surface area (Å²) >= 11 is 0. The normalized spacial score (nSPS) is 17.6. The predicted octanol–water partition coefficient (Wildman–Crippen LogP) is 1.63. The number of carbonyl (C=O) groups excluding carboxylic acids is 1. The van der Waals surface area contributed by atoms with Gasteiger partial charge in [0, 0.05) is 32.2 Å². The van der Waals surface area contributed by atoms with Crippen molar-refractivity contribution in [3.8, 4) is 11.5 Å². The van der Waals surface area contributed by atoms with Gasteiger partial charge < -0.3 is 9.42 Å². The van der Waals surface area contributed by atoms with Gasteiger partial charge >= 0.3 is 0 Å². The van der Waals surface area contributed by atoms with Gasteiger partial charge in [-0.2, -0.15) is 10.1 Å². The number of carbonyl (C=O) groups is 1. The van der Waals surface area contributed by atoms with E-state index in [1.165, 1.54) is 0 Å². The largest absolute Gasteiger partial charge is 0.337 e. The Bertz CT molecular complexity index is 874.